The molecule has 0 spiro atoms. The lowest BCUT2D eigenvalue weighted by atomic mass is 9.81. The van der Waals surface area contributed by atoms with Crippen LogP contribution in [-0.2, 0) is 20.7 Å². The van der Waals surface area contributed by atoms with Crippen LogP contribution in [0.15, 0.2) is 88.0 Å². The molecule has 2 atom stereocenters. The number of carbonyl (C=O) groups is 1. The summed E-state index contributed by atoms with van der Waals surface area (Å²) in [4.78, 5) is 27.7. The van der Waals surface area contributed by atoms with Gasteiger partial charge in [0.2, 0.25) is 5.90 Å². The number of benzene rings is 3. The Kier molecular flexibility index (Phi) is 11.6. The number of amides is 1. The number of rotatable bonds is 15. The van der Waals surface area contributed by atoms with E-state index in [0.29, 0.717) is 67.5 Å². The number of hydrazine groups is 1. The molecule has 0 aliphatic carbocycles. The minimum atomic E-state index is -1.64. The van der Waals surface area contributed by atoms with E-state index in [1.165, 1.54) is 0 Å². The molecule has 1 saturated heterocycles. The molecule has 0 saturated carbocycles. The van der Waals surface area contributed by atoms with Gasteiger partial charge in [-0.25, -0.2) is 10.4 Å². The predicted octanol–water partition coefficient (Wildman–Crippen LogP) is 4.78. The highest BCUT2D eigenvalue weighted by Crippen LogP contribution is 2.46. The zero-order valence-corrected chi connectivity index (χ0v) is 25.7. The van der Waals surface area contributed by atoms with E-state index in [2.05, 4.69) is 35.8 Å². The van der Waals surface area contributed by atoms with Gasteiger partial charge in [0, 0.05) is 78.0 Å². The van der Waals surface area contributed by atoms with Crippen LogP contribution in [-0.4, -0.2) is 80.0 Å². The Bertz CT molecular complexity index is 1650. The standard InChI is InChI=1S/C32H36N10O5/c33-40-37-27-8-3-1-6-24(27)22-32(31(44)39-35-14-15-42-16-20-45-21-17-42)29(26-7-2-4-9-28(26)38-41-34)47-30(36-32)23-10-12-25(13-11-23)46-19-5-18-43/h1-4,6-13,29,35,43H,5,14-22H2,(H,39,44)/t29-,32-/m0/s1. The average Bonchev–Trinajstić information content (AvgIpc) is 3.49. The van der Waals surface area contributed by atoms with Crippen LogP contribution in [0.3, 0.4) is 0 Å². The van der Waals surface area contributed by atoms with E-state index in [4.69, 9.17) is 24.3 Å². The number of morpholine rings is 1. The van der Waals surface area contributed by atoms with E-state index in [0.717, 1.165) is 13.1 Å². The monoisotopic (exact) mass is 640 g/mol. The number of aliphatic imine (C=N–C) groups is 1. The van der Waals surface area contributed by atoms with Crippen LogP contribution < -0.4 is 15.6 Å². The van der Waals surface area contributed by atoms with Gasteiger partial charge in [-0.2, -0.15) is 0 Å². The van der Waals surface area contributed by atoms with Gasteiger partial charge in [0.1, 0.15) is 5.75 Å². The average molecular weight is 641 g/mol. The van der Waals surface area contributed by atoms with Crippen molar-refractivity contribution in [3.8, 4) is 5.75 Å². The van der Waals surface area contributed by atoms with Gasteiger partial charge < -0.3 is 19.3 Å². The van der Waals surface area contributed by atoms with Crippen molar-refractivity contribution in [1.29, 1.82) is 0 Å². The molecule has 3 aromatic carbocycles. The number of hydrogen-bond acceptors (Lipinski definition) is 10. The Balaban J connectivity index is 1.55. The molecule has 3 aromatic rings. The number of ether oxygens (including phenoxy) is 3. The van der Waals surface area contributed by atoms with Crippen molar-refractivity contribution in [2.24, 2.45) is 15.2 Å². The number of nitrogens with zero attached hydrogens (tertiary/aromatic N) is 8. The molecule has 5 rings (SSSR count). The Morgan fingerprint density at radius 3 is 2.47 bits per heavy atom. The Labute approximate surface area is 271 Å². The van der Waals surface area contributed by atoms with E-state index in [1.54, 1.807) is 72.8 Å². The summed E-state index contributed by atoms with van der Waals surface area (Å²) in [5.41, 5.74) is 25.1. The highest BCUT2D eigenvalue weighted by molar-refractivity contribution is 6.01. The molecule has 0 unspecified atom stereocenters. The first-order chi connectivity index (χ1) is 23.1. The van der Waals surface area contributed by atoms with Crippen LogP contribution in [0, 0.1) is 0 Å². The molecule has 2 aliphatic rings. The normalized spacial score (nSPS) is 19.1. The number of aliphatic hydroxyl groups excluding tert-OH is 1. The minimum Gasteiger partial charge on any atom is -0.494 e. The van der Waals surface area contributed by atoms with Crippen LogP contribution >= 0.6 is 0 Å². The fourth-order valence-corrected chi connectivity index (χ4v) is 5.49. The van der Waals surface area contributed by atoms with Crippen molar-refractivity contribution in [2.75, 3.05) is 52.6 Å². The van der Waals surface area contributed by atoms with Crippen molar-refractivity contribution in [1.82, 2.24) is 15.8 Å². The molecule has 2 aliphatic heterocycles. The lowest BCUT2D eigenvalue weighted by Gasteiger charge is -2.32. The Morgan fingerprint density at radius 2 is 1.72 bits per heavy atom. The van der Waals surface area contributed by atoms with Crippen LogP contribution in [0.5, 0.6) is 5.75 Å². The smallest absolute Gasteiger partial charge is 0.266 e. The fraction of sp³-hybridized carbons (Fsp3) is 0.375. The minimum absolute atomic E-state index is 0.0136. The van der Waals surface area contributed by atoms with E-state index < -0.39 is 17.6 Å². The summed E-state index contributed by atoms with van der Waals surface area (Å²) in [5.74, 6) is 0.301. The molecule has 0 bridgehead atoms. The lowest BCUT2D eigenvalue weighted by Crippen LogP contribution is -2.55. The molecule has 47 heavy (non-hydrogen) atoms. The van der Waals surface area contributed by atoms with Crippen molar-refractivity contribution in [2.45, 2.75) is 24.5 Å². The maximum absolute atomic E-state index is 14.5. The molecule has 0 aromatic heterocycles. The third-order valence-electron chi connectivity index (χ3n) is 7.86. The SMILES string of the molecule is [N-]=[N+]=Nc1ccccc1C[C@]1(C(=O)NNCCN2CCOCC2)N=C(c2ccc(OCCCO)cc2)O[C@H]1c1ccccc1N=[N+]=[N-]. The summed E-state index contributed by atoms with van der Waals surface area (Å²) in [5, 5.41) is 16.8. The highest BCUT2D eigenvalue weighted by Gasteiger charge is 2.54. The first kappa shape index (κ1) is 33.2. The van der Waals surface area contributed by atoms with E-state index in [1.807, 2.05) is 0 Å². The van der Waals surface area contributed by atoms with Gasteiger partial charge in [-0.15, -0.1) is 0 Å². The topological polar surface area (TPSA) is 202 Å². The molecule has 0 radical (unpaired) electrons. The molecule has 1 amide bonds. The fourth-order valence-electron chi connectivity index (χ4n) is 5.49. The van der Waals surface area contributed by atoms with Crippen molar-refractivity contribution in [3.05, 3.63) is 110 Å². The van der Waals surface area contributed by atoms with Crippen LogP contribution in [0.2, 0.25) is 0 Å². The van der Waals surface area contributed by atoms with Crippen molar-refractivity contribution in [3.63, 3.8) is 0 Å². The first-order valence-electron chi connectivity index (χ1n) is 15.3. The van der Waals surface area contributed by atoms with Gasteiger partial charge >= 0.3 is 0 Å². The molecule has 2 heterocycles. The van der Waals surface area contributed by atoms with Gasteiger partial charge in [0.15, 0.2) is 11.6 Å². The van der Waals surface area contributed by atoms with E-state index >= 15 is 0 Å². The molecule has 15 heteroatoms. The largest absolute Gasteiger partial charge is 0.494 e. The second-order valence-corrected chi connectivity index (χ2v) is 10.9. The van der Waals surface area contributed by atoms with Gasteiger partial charge in [0.05, 0.1) is 19.8 Å². The maximum Gasteiger partial charge on any atom is 0.266 e. The lowest BCUT2D eigenvalue weighted by molar-refractivity contribution is -0.130. The number of carbonyl (C=O) groups excluding carboxylic acids is 1. The van der Waals surface area contributed by atoms with Crippen molar-refractivity contribution < 1.29 is 24.1 Å². The first-order valence-corrected chi connectivity index (χ1v) is 15.3. The number of nitrogens with one attached hydrogen (secondary N) is 2. The predicted molar refractivity (Wildman–Crippen MR) is 174 cm³/mol. The summed E-state index contributed by atoms with van der Waals surface area (Å²) >= 11 is 0. The van der Waals surface area contributed by atoms with Gasteiger partial charge in [-0.05, 0) is 40.9 Å². The van der Waals surface area contributed by atoms with E-state index in [9.17, 15) is 15.9 Å². The molecule has 244 valence electrons. The summed E-state index contributed by atoms with van der Waals surface area (Å²) in [7, 11) is 0. The molecular formula is C32H36N10O5. The van der Waals surface area contributed by atoms with Gasteiger partial charge in [-0.3, -0.25) is 15.1 Å². The number of aliphatic hydroxyl groups is 1. The number of hydrogen-bond donors (Lipinski definition) is 3. The maximum atomic E-state index is 14.5. The molecule has 15 nitrogen and oxygen atoms in total. The molecular weight excluding hydrogens is 604 g/mol. The quantitative estimate of drug-likeness (QED) is 0.0696. The summed E-state index contributed by atoms with van der Waals surface area (Å²) in [6, 6.07) is 20.9. The summed E-state index contributed by atoms with van der Waals surface area (Å²) in [6.45, 7) is 4.48. The van der Waals surface area contributed by atoms with Crippen molar-refractivity contribution >= 4 is 23.2 Å². The molecule has 3 N–H and O–H groups in total. The third kappa shape index (κ3) is 8.18. The second-order valence-electron chi connectivity index (χ2n) is 10.9. The Morgan fingerprint density at radius 1 is 1.02 bits per heavy atom. The van der Waals surface area contributed by atoms with Gasteiger partial charge in [-0.1, -0.05) is 58.8 Å². The van der Waals surface area contributed by atoms with E-state index in [-0.39, 0.29) is 24.6 Å². The second kappa shape index (κ2) is 16.4. The van der Waals surface area contributed by atoms with Gasteiger partial charge in [0.25, 0.3) is 5.91 Å². The van der Waals surface area contributed by atoms with Crippen LogP contribution in [0.4, 0.5) is 11.4 Å². The Hall–Kier alpha value is -5.14. The highest BCUT2D eigenvalue weighted by atomic mass is 16.5. The molecule has 1 fully saturated rings. The van der Waals surface area contributed by atoms with Crippen LogP contribution in [0.25, 0.3) is 20.9 Å². The summed E-state index contributed by atoms with van der Waals surface area (Å²) in [6.07, 6.45) is -0.556. The zero-order chi connectivity index (χ0) is 32.9. The van der Waals surface area contributed by atoms with Crippen LogP contribution in [0.1, 0.15) is 29.2 Å². The number of azide groups is 2. The third-order valence-corrected chi connectivity index (χ3v) is 7.86. The zero-order valence-electron chi connectivity index (χ0n) is 25.7. The summed E-state index contributed by atoms with van der Waals surface area (Å²) < 4.78 is 17.7.